The Hall–Kier alpha value is -0.530. The molecule has 0 unspecified atom stereocenters. The number of ether oxygens (including phenoxy) is 4. The highest BCUT2D eigenvalue weighted by molar-refractivity contribution is 5.85. The molecule has 0 aromatic rings. The topological polar surface area (TPSA) is 74.2 Å². The number of aliphatic hydroxyl groups is 1. The first-order chi connectivity index (χ1) is 8.20. The number of ketones is 1. The minimum Gasteiger partial charge on any atom is -0.387 e. The highest BCUT2D eigenvalue weighted by atomic mass is 16.8. The van der Waals surface area contributed by atoms with Gasteiger partial charge in [0.05, 0.1) is 6.61 Å². The molecule has 0 aromatic carbocycles. The summed E-state index contributed by atoms with van der Waals surface area (Å²) in [5, 5.41) is 10.2. The first-order valence-electron chi connectivity index (χ1n) is 6.04. The average Bonchev–Trinajstić information content (AvgIpc) is 2.61. The van der Waals surface area contributed by atoms with Crippen LogP contribution in [0.2, 0.25) is 0 Å². The summed E-state index contributed by atoms with van der Waals surface area (Å²) in [5.41, 5.74) is 0. The van der Waals surface area contributed by atoms with Crippen molar-refractivity contribution >= 4 is 5.78 Å². The quantitative estimate of drug-likeness (QED) is 0.765. The van der Waals surface area contributed by atoms with E-state index in [0.717, 1.165) is 0 Å². The van der Waals surface area contributed by atoms with E-state index in [0.29, 0.717) is 0 Å². The van der Waals surface area contributed by atoms with Gasteiger partial charge in [-0.1, -0.05) is 0 Å². The Labute approximate surface area is 106 Å². The normalized spacial score (nSPS) is 36.6. The van der Waals surface area contributed by atoms with Crippen LogP contribution < -0.4 is 0 Å². The SMILES string of the molecule is CC1(C)OCC(=O)[C@H]([C@H](O)[C@H]2COC(C)(C)O2)O1. The average molecular weight is 260 g/mol. The van der Waals surface area contributed by atoms with E-state index in [4.69, 9.17) is 18.9 Å². The van der Waals surface area contributed by atoms with Gasteiger partial charge in [0.1, 0.15) is 24.9 Å². The van der Waals surface area contributed by atoms with Gasteiger partial charge in [0.2, 0.25) is 0 Å². The van der Waals surface area contributed by atoms with Crippen molar-refractivity contribution in [1.82, 2.24) is 0 Å². The molecule has 2 heterocycles. The number of hydrogen-bond acceptors (Lipinski definition) is 6. The van der Waals surface area contributed by atoms with Crippen LogP contribution in [0.1, 0.15) is 27.7 Å². The molecule has 0 radical (unpaired) electrons. The van der Waals surface area contributed by atoms with E-state index in [2.05, 4.69) is 0 Å². The summed E-state index contributed by atoms with van der Waals surface area (Å²) in [6.45, 7) is 7.10. The van der Waals surface area contributed by atoms with Gasteiger partial charge in [0.25, 0.3) is 0 Å². The van der Waals surface area contributed by atoms with E-state index in [1.54, 1.807) is 27.7 Å². The van der Waals surface area contributed by atoms with Gasteiger partial charge in [-0.25, -0.2) is 0 Å². The maximum absolute atomic E-state index is 11.7. The van der Waals surface area contributed by atoms with Crippen LogP contribution in [0.3, 0.4) is 0 Å². The zero-order valence-electron chi connectivity index (χ0n) is 11.1. The predicted molar refractivity (Wildman–Crippen MR) is 60.8 cm³/mol. The molecule has 0 amide bonds. The highest BCUT2D eigenvalue weighted by Crippen LogP contribution is 2.29. The number of rotatable bonds is 2. The fourth-order valence-corrected chi connectivity index (χ4v) is 2.07. The molecule has 6 heteroatoms. The Kier molecular flexibility index (Phi) is 3.50. The van der Waals surface area contributed by atoms with Crippen LogP contribution in [0.15, 0.2) is 0 Å². The lowest BCUT2D eigenvalue weighted by atomic mass is 10.0. The second kappa shape index (κ2) is 4.54. The third-order valence-corrected chi connectivity index (χ3v) is 3.01. The maximum atomic E-state index is 11.7. The molecule has 18 heavy (non-hydrogen) atoms. The van der Waals surface area contributed by atoms with Crippen LogP contribution in [-0.4, -0.2) is 54.0 Å². The second-order valence-electron chi connectivity index (χ2n) is 5.55. The van der Waals surface area contributed by atoms with Crippen molar-refractivity contribution in [3.05, 3.63) is 0 Å². The van der Waals surface area contributed by atoms with Gasteiger partial charge in [-0.3, -0.25) is 4.79 Å². The van der Waals surface area contributed by atoms with Crippen LogP contribution in [0.4, 0.5) is 0 Å². The molecule has 0 spiro atoms. The first kappa shape index (κ1) is 13.9. The molecular weight excluding hydrogens is 240 g/mol. The Bertz CT molecular complexity index is 337. The minimum absolute atomic E-state index is 0.0638. The number of aliphatic hydroxyl groups excluding tert-OH is 1. The minimum atomic E-state index is -1.05. The Morgan fingerprint density at radius 2 is 1.78 bits per heavy atom. The van der Waals surface area contributed by atoms with Crippen LogP contribution in [-0.2, 0) is 23.7 Å². The van der Waals surface area contributed by atoms with Gasteiger partial charge in [0, 0.05) is 0 Å². The summed E-state index contributed by atoms with van der Waals surface area (Å²) in [5.74, 6) is -1.90. The van der Waals surface area contributed by atoms with Crippen molar-refractivity contribution in [2.45, 2.75) is 57.6 Å². The number of carbonyl (C=O) groups is 1. The van der Waals surface area contributed by atoms with Crippen LogP contribution >= 0.6 is 0 Å². The van der Waals surface area contributed by atoms with Crippen LogP contribution in [0.25, 0.3) is 0 Å². The van der Waals surface area contributed by atoms with Gasteiger partial charge >= 0.3 is 0 Å². The zero-order valence-corrected chi connectivity index (χ0v) is 11.1. The van der Waals surface area contributed by atoms with Crippen LogP contribution in [0, 0.1) is 0 Å². The van der Waals surface area contributed by atoms with Crippen LogP contribution in [0.5, 0.6) is 0 Å². The number of Topliss-reactive ketones (excluding diaryl/α,β-unsaturated/α-hetero) is 1. The smallest absolute Gasteiger partial charge is 0.190 e. The standard InChI is InChI=1S/C12H20O6/c1-11(2)16-6-8(17-11)9(14)10-7(13)5-15-12(3,4)18-10/h8-10,14H,5-6H2,1-4H3/t8-,9-,10-/m1/s1. The van der Waals surface area contributed by atoms with Crippen molar-refractivity contribution in [2.75, 3.05) is 13.2 Å². The van der Waals surface area contributed by atoms with Crippen molar-refractivity contribution in [1.29, 1.82) is 0 Å². The zero-order chi connectivity index (χ0) is 13.6. The molecule has 2 aliphatic heterocycles. The second-order valence-corrected chi connectivity index (χ2v) is 5.55. The fraction of sp³-hybridized carbons (Fsp3) is 0.917. The molecule has 0 saturated carbocycles. The van der Waals surface area contributed by atoms with Gasteiger partial charge in [-0.15, -0.1) is 0 Å². The van der Waals surface area contributed by atoms with E-state index >= 15 is 0 Å². The van der Waals surface area contributed by atoms with Gasteiger partial charge in [0.15, 0.2) is 17.4 Å². The molecule has 2 fully saturated rings. The maximum Gasteiger partial charge on any atom is 0.190 e. The van der Waals surface area contributed by atoms with Gasteiger partial charge < -0.3 is 24.1 Å². The predicted octanol–water partition coefficient (Wildman–Crippen LogP) is 0.219. The van der Waals surface area contributed by atoms with Gasteiger partial charge in [-0.2, -0.15) is 0 Å². The molecule has 2 aliphatic rings. The van der Waals surface area contributed by atoms with Crippen molar-refractivity contribution in [2.24, 2.45) is 0 Å². The van der Waals surface area contributed by atoms with E-state index in [1.807, 2.05) is 0 Å². The van der Waals surface area contributed by atoms with Crippen molar-refractivity contribution < 1.29 is 28.8 Å². The Balaban J connectivity index is 2.04. The summed E-state index contributed by atoms with van der Waals surface area (Å²) < 4.78 is 21.6. The summed E-state index contributed by atoms with van der Waals surface area (Å²) in [7, 11) is 0. The third kappa shape index (κ3) is 2.89. The summed E-state index contributed by atoms with van der Waals surface area (Å²) in [6, 6.07) is 0. The molecule has 1 N–H and O–H groups in total. The largest absolute Gasteiger partial charge is 0.387 e. The monoisotopic (exact) mass is 260 g/mol. The Morgan fingerprint density at radius 1 is 1.17 bits per heavy atom. The van der Waals surface area contributed by atoms with E-state index < -0.39 is 29.9 Å². The molecule has 3 atom stereocenters. The molecule has 0 bridgehead atoms. The molecule has 2 rings (SSSR count). The number of hydrogen-bond donors (Lipinski definition) is 1. The van der Waals surface area contributed by atoms with E-state index in [-0.39, 0.29) is 19.0 Å². The third-order valence-electron chi connectivity index (χ3n) is 3.01. The molecule has 0 aliphatic carbocycles. The summed E-state index contributed by atoms with van der Waals surface area (Å²) in [4.78, 5) is 11.7. The first-order valence-corrected chi connectivity index (χ1v) is 6.04. The molecule has 6 nitrogen and oxygen atoms in total. The van der Waals surface area contributed by atoms with Crippen molar-refractivity contribution in [3.63, 3.8) is 0 Å². The lowest BCUT2D eigenvalue weighted by Gasteiger charge is -2.37. The van der Waals surface area contributed by atoms with Gasteiger partial charge in [-0.05, 0) is 27.7 Å². The lowest BCUT2D eigenvalue weighted by Crippen LogP contribution is -2.54. The molecular formula is C12H20O6. The van der Waals surface area contributed by atoms with E-state index in [9.17, 15) is 9.90 Å². The Morgan fingerprint density at radius 3 is 2.33 bits per heavy atom. The molecule has 2 saturated heterocycles. The molecule has 0 aromatic heterocycles. The highest BCUT2D eigenvalue weighted by Gasteiger charge is 2.46. The fourth-order valence-electron chi connectivity index (χ4n) is 2.07. The van der Waals surface area contributed by atoms with E-state index in [1.165, 1.54) is 0 Å². The summed E-state index contributed by atoms with van der Waals surface area (Å²) in [6.07, 6.45) is -2.55. The molecule has 104 valence electrons. The summed E-state index contributed by atoms with van der Waals surface area (Å²) >= 11 is 0. The van der Waals surface area contributed by atoms with Crippen molar-refractivity contribution in [3.8, 4) is 0 Å². The number of carbonyl (C=O) groups excluding carboxylic acids is 1. The lowest BCUT2D eigenvalue weighted by molar-refractivity contribution is -0.277.